The summed E-state index contributed by atoms with van der Waals surface area (Å²) in [5, 5.41) is 2.58. The van der Waals surface area contributed by atoms with Crippen molar-refractivity contribution in [1.82, 2.24) is 4.57 Å². The zero-order chi connectivity index (χ0) is 37.5. The molecule has 57 heavy (non-hydrogen) atoms. The molecule has 0 fully saturated rings. The van der Waals surface area contributed by atoms with Gasteiger partial charge in [0.05, 0.1) is 27.8 Å². The minimum Gasteiger partial charge on any atom is -0.310 e. The van der Waals surface area contributed by atoms with Gasteiger partial charge in [0.15, 0.2) is 0 Å². The number of hydrogen-bond acceptors (Lipinski definition) is 1. The largest absolute Gasteiger partial charge is 0.310 e. The van der Waals surface area contributed by atoms with E-state index in [9.17, 15) is 0 Å². The molecule has 0 saturated carbocycles. The molecule has 1 aliphatic heterocycles. The summed E-state index contributed by atoms with van der Waals surface area (Å²) in [5.74, 6) is 0. The average molecular weight is 725 g/mol. The predicted octanol–water partition coefficient (Wildman–Crippen LogP) is 14.3. The van der Waals surface area contributed by atoms with Crippen molar-refractivity contribution < 1.29 is 0 Å². The summed E-state index contributed by atoms with van der Waals surface area (Å²) in [6.45, 7) is 0. The van der Waals surface area contributed by atoms with E-state index >= 15 is 0 Å². The molecule has 1 atom stereocenters. The topological polar surface area (TPSA) is 8.17 Å². The van der Waals surface area contributed by atoms with Crippen LogP contribution in [-0.2, 0) is 5.41 Å². The van der Waals surface area contributed by atoms with Gasteiger partial charge in [-0.2, -0.15) is 0 Å². The van der Waals surface area contributed by atoms with E-state index < -0.39 is 5.41 Å². The number of anilines is 3. The minimum atomic E-state index is -0.485. The van der Waals surface area contributed by atoms with Gasteiger partial charge in [-0.25, -0.2) is 0 Å². The Morgan fingerprint density at radius 1 is 0.351 bits per heavy atom. The molecule has 0 bridgehead atoms. The van der Waals surface area contributed by atoms with Gasteiger partial charge in [-0.3, -0.25) is 0 Å². The van der Waals surface area contributed by atoms with E-state index in [0.29, 0.717) is 0 Å². The maximum atomic E-state index is 2.51. The molecule has 0 saturated heterocycles. The van der Waals surface area contributed by atoms with Crippen molar-refractivity contribution in [2.75, 3.05) is 4.90 Å². The van der Waals surface area contributed by atoms with Crippen molar-refractivity contribution in [3.05, 3.63) is 241 Å². The number of aromatic nitrogens is 1. The quantitative estimate of drug-likeness (QED) is 0.172. The summed E-state index contributed by atoms with van der Waals surface area (Å²) in [7, 11) is 0. The number of benzene rings is 9. The lowest BCUT2D eigenvalue weighted by atomic mass is 9.65. The van der Waals surface area contributed by atoms with E-state index in [1.165, 1.54) is 83.1 Å². The smallest absolute Gasteiger partial charge is 0.0754 e. The number of rotatable bonds is 5. The van der Waals surface area contributed by atoms with E-state index in [1.807, 2.05) is 0 Å². The minimum absolute atomic E-state index is 0.485. The van der Waals surface area contributed by atoms with Crippen LogP contribution in [0.1, 0.15) is 22.3 Å². The van der Waals surface area contributed by atoms with E-state index in [-0.39, 0.29) is 0 Å². The molecule has 2 nitrogen and oxygen atoms in total. The lowest BCUT2D eigenvalue weighted by molar-refractivity contribution is 0.748. The second kappa shape index (κ2) is 12.3. The number of para-hydroxylation sites is 5. The van der Waals surface area contributed by atoms with Crippen LogP contribution >= 0.6 is 0 Å². The Balaban J connectivity index is 1.09. The molecular weight excluding hydrogens is 689 g/mol. The standard InChI is InChI=1S/C55H36N2/c1-3-16-37(17-4-1)38-30-32-39(33-31-38)42-20-8-12-27-51(42)56(40-18-5-2-6-19-40)41-34-35-48-46(36-41)43-21-7-10-24-47(43)55(48)49-25-11-14-29-53(49)57-52-28-13-9-22-44(52)45-23-15-26-50(55)54(45)57/h1-36H. The van der Waals surface area contributed by atoms with Gasteiger partial charge in [-0.1, -0.05) is 176 Å². The van der Waals surface area contributed by atoms with Gasteiger partial charge in [0, 0.05) is 27.7 Å². The monoisotopic (exact) mass is 724 g/mol. The molecule has 0 radical (unpaired) electrons. The second-order valence-corrected chi connectivity index (χ2v) is 15.2. The molecule has 2 heteroatoms. The Bertz CT molecular complexity index is 3180. The highest BCUT2D eigenvalue weighted by Crippen LogP contribution is 2.61. The molecule has 1 spiro atoms. The second-order valence-electron chi connectivity index (χ2n) is 15.2. The van der Waals surface area contributed by atoms with E-state index in [1.54, 1.807) is 0 Å². The van der Waals surface area contributed by atoms with Gasteiger partial charge in [-0.15, -0.1) is 0 Å². The summed E-state index contributed by atoms with van der Waals surface area (Å²) >= 11 is 0. The third kappa shape index (κ3) is 4.47. The highest BCUT2D eigenvalue weighted by atomic mass is 15.1. The average Bonchev–Trinajstić information content (AvgIpc) is 3.78. The molecule has 0 amide bonds. The first-order valence-electron chi connectivity index (χ1n) is 19.8. The van der Waals surface area contributed by atoms with E-state index in [4.69, 9.17) is 0 Å². The van der Waals surface area contributed by atoms with Crippen molar-refractivity contribution in [3.8, 4) is 39.1 Å². The van der Waals surface area contributed by atoms with E-state index in [2.05, 4.69) is 228 Å². The Hall–Kier alpha value is -7.42. The van der Waals surface area contributed by atoms with Crippen LogP contribution in [0.3, 0.4) is 0 Å². The molecule has 2 heterocycles. The van der Waals surface area contributed by atoms with Crippen molar-refractivity contribution in [1.29, 1.82) is 0 Å². The fourth-order valence-electron chi connectivity index (χ4n) is 10.1. The fourth-order valence-corrected chi connectivity index (χ4v) is 10.1. The first kappa shape index (κ1) is 31.9. The zero-order valence-electron chi connectivity index (χ0n) is 31.2. The highest BCUT2D eigenvalue weighted by molar-refractivity contribution is 6.13. The van der Waals surface area contributed by atoms with Crippen LogP contribution in [0.25, 0.3) is 60.9 Å². The molecule has 0 N–H and O–H groups in total. The third-order valence-electron chi connectivity index (χ3n) is 12.4. The molecule has 266 valence electrons. The van der Waals surface area contributed by atoms with Crippen LogP contribution in [0, 0.1) is 0 Å². The van der Waals surface area contributed by atoms with Crippen LogP contribution in [0.4, 0.5) is 17.1 Å². The summed E-state index contributed by atoms with van der Waals surface area (Å²) in [4.78, 5) is 2.43. The van der Waals surface area contributed by atoms with Gasteiger partial charge in [-0.05, 0) is 92.5 Å². The number of nitrogens with zero attached hydrogens (tertiary/aromatic N) is 2. The Kier molecular flexibility index (Phi) is 6.88. The molecule has 1 unspecified atom stereocenters. The molecule has 2 aliphatic rings. The van der Waals surface area contributed by atoms with Crippen LogP contribution < -0.4 is 4.90 Å². The molecule has 9 aromatic carbocycles. The Morgan fingerprint density at radius 3 is 1.79 bits per heavy atom. The van der Waals surface area contributed by atoms with Gasteiger partial charge < -0.3 is 9.47 Å². The van der Waals surface area contributed by atoms with E-state index in [0.717, 1.165) is 17.1 Å². The number of fused-ring (bicyclic) bond motifs is 12. The van der Waals surface area contributed by atoms with Crippen molar-refractivity contribution in [2.24, 2.45) is 0 Å². The normalized spacial score (nSPS) is 14.7. The van der Waals surface area contributed by atoms with Gasteiger partial charge in [0.2, 0.25) is 0 Å². The predicted molar refractivity (Wildman–Crippen MR) is 237 cm³/mol. The van der Waals surface area contributed by atoms with Crippen molar-refractivity contribution in [3.63, 3.8) is 0 Å². The zero-order valence-corrected chi connectivity index (χ0v) is 31.2. The fraction of sp³-hybridized carbons (Fsp3) is 0.0182. The summed E-state index contributed by atoms with van der Waals surface area (Å²) < 4.78 is 2.51. The van der Waals surface area contributed by atoms with Crippen LogP contribution in [0.15, 0.2) is 218 Å². The maximum absolute atomic E-state index is 2.51. The molecule has 1 aliphatic carbocycles. The van der Waals surface area contributed by atoms with Crippen LogP contribution in [-0.4, -0.2) is 4.57 Å². The summed E-state index contributed by atoms with van der Waals surface area (Å²) in [5.41, 5.74) is 19.3. The van der Waals surface area contributed by atoms with Crippen LogP contribution in [0.5, 0.6) is 0 Å². The van der Waals surface area contributed by atoms with Gasteiger partial charge >= 0.3 is 0 Å². The SMILES string of the molecule is c1ccc(-c2ccc(-c3ccccc3N(c3ccccc3)c3ccc4c(c3)-c3ccccc3C43c4ccccc4-n4c5ccccc5c5cccc3c54)cc2)cc1. The third-order valence-corrected chi connectivity index (χ3v) is 12.4. The molecular formula is C55H36N2. The molecule has 12 rings (SSSR count). The van der Waals surface area contributed by atoms with Gasteiger partial charge in [0.25, 0.3) is 0 Å². The Morgan fingerprint density at radius 2 is 0.947 bits per heavy atom. The first-order chi connectivity index (χ1) is 28.3. The van der Waals surface area contributed by atoms with Crippen molar-refractivity contribution in [2.45, 2.75) is 5.41 Å². The van der Waals surface area contributed by atoms with Crippen molar-refractivity contribution >= 4 is 38.9 Å². The summed E-state index contributed by atoms with van der Waals surface area (Å²) in [6, 6.07) is 80.4. The van der Waals surface area contributed by atoms with Gasteiger partial charge in [0.1, 0.15) is 0 Å². The molecule has 10 aromatic rings. The van der Waals surface area contributed by atoms with Crippen LogP contribution in [0.2, 0.25) is 0 Å². The lowest BCUT2D eigenvalue weighted by Gasteiger charge is -2.39. The molecule has 1 aromatic heterocycles. The first-order valence-corrected chi connectivity index (χ1v) is 19.8. The maximum Gasteiger partial charge on any atom is 0.0754 e. The Labute approximate surface area is 332 Å². The lowest BCUT2D eigenvalue weighted by Crippen LogP contribution is -2.33. The number of hydrogen-bond donors (Lipinski definition) is 0. The summed E-state index contributed by atoms with van der Waals surface area (Å²) in [6.07, 6.45) is 0. The highest BCUT2D eigenvalue weighted by Gasteiger charge is 2.50.